The van der Waals surface area contributed by atoms with Crippen LogP contribution in [0.5, 0.6) is 0 Å². The molecule has 2 heteroatoms. The molecule has 10 heavy (non-hydrogen) atoms. The van der Waals surface area contributed by atoms with Gasteiger partial charge in [0.05, 0.1) is 0 Å². The summed E-state index contributed by atoms with van der Waals surface area (Å²) in [5.74, 6) is -2.96. The van der Waals surface area contributed by atoms with Crippen LogP contribution < -0.4 is 0 Å². The second-order valence-corrected chi connectivity index (χ2v) is 3.00. The molecule has 0 spiro atoms. The van der Waals surface area contributed by atoms with Gasteiger partial charge in [0.2, 0.25) is 5.92 Å². The van der Waals surface area contributed by atoms with Crippen LogP contribution in [0.4, 0.5) is 8.78 Å². The topological polar surface area (TPSA) is 0 Å². The summed E-state index contributed by atoms with van der Waals surface area (Å²) in [6.07, 6.45) is 2.55. The second kappa shape index (κ2) is 3.89. The summed E-state index contributed by atoms with van der Waals surface area (Å²) in [4.78, 5) is 0. The summed E-state index contributed by atoms with van der Waals surface area (Å²) in [6.45, 7) is 4.61. The number of rotatable bonds is 4. The van der Waals surface area contributed by atoms with E-state index in [1.165, 1.54) is 0 Å². The summed E-state index contributed by atoms with van der Waals surface area (Å²) in [6, 6.07) is 0. The molecule has 62 valence electrons. The van der Waals surface area contributed by atoms with Gasteiger partial charge in [0, 0.05) is 5.92 Å². The van der Waals surface area contributed by atoms with Crippen LogP contribution in [0.15, 0.2) is 0 Å². The van der Waals surface area contributed by atoms with Crippen molar-refractivity contribution in [2.75, 3.05) is 0 Å². The lowest BCUT2D eigenvalue weighted by molar-refractivity contribution is -0.0359. The third kappa shape index (κ3) is 3.80. The van der Waals surface area contributed by atoms with Gasteiger partial charge in [-0.2, -0.15) is 0 Å². The first-order valence-electron chi connectivity index (χ1n) is 3.86. The van der Waals surface area contributed by atoms with Crippen LogP contribution in [-0.2, 0) is 0 Å². The minimum atomic E-state index is -2.49. The van der Waals surface area contributed by atoms with E-state index in [4.69, 9.17) is 0 Å². The fourth-order valence-electron chi connectivity index (χ4n) is 0.764. The summed E-state index contributed by atoms with van der Waals surface area (Å²) in [5.41, 5.74) is 0. The first kappa shape index (κ1) is 9.86. The molecule has 0 bridgehead atoms. The van der Waals surface area contributed by atoms with Gasteiger partial charge in [0.1, 0.15) is 0 Å². The van der Waals surface area contributed by atoms with Crippen LogP contribution in [0.25, 0.3) is 0 Å². The highest BCUT2D eigenvalue weighted by Gasteiger charge is 2.28. The molecule has 0 aromatic heterocycles. The van der Waals surface area contributed by atoms with Crippen molar-refractivity contribution >= 4 is 0 Å². The zero-order valence-electron chi connectivity index (χ0n) is 6.95. The Morgan fingerprint density at radius 3 is 2.20 bits per heavy atom. The lowest BCUT2D eigenvalue weighted by Gasteiger charge is -2.18. The molecule has 1 unspecified atom stereocenters. The zero-order valence-corrected chi connectivity index (χ0v) is 6.95. The fraction of sp³-hybridized carbons (Fsp3) is 1.00. The minimum absolute atomic E-state index is 0.465. The van der Waals surface area contributed by atoms with E-state index >= 15 is 0 Å². The SMILES string of the molecule is CCCCC(C)C(C)(F)F. The van der Waals surface area contributed by atoms with E-state index < -0.39 is 11.8 Å². The highest BCUT2D eigenvalue weighted by molar-refractivity contribution is 4.67. The lowest BCUT2D eigenvalue weighted by Crippen LogP contribution is -2.21. The summed E-state index contributed by atoms with van der Waals surface area (Å²) in [7, 11) is 0. The Morgan fingerprint density at radius 2 is 1.90 bits per heavy atom. The highest BCUT2D eigenvalue weighted by atomic mass is 19.3. The average molecular weight is 150 g/mol. The van der Waals surface area contributed by atoms with Crippen molar-refractivity contribution in [1.82, 2.24) is 0 Å². The molecule has 0 aliphatic heterocycles. The molecule has 0 nitrogen and oxygen atoms in total. The molecule has 0 N–H and O–H groups in total. The standard InChI is InChI=1S/C8H16F2/c1-4-5-6-7(2)8(3,9)10/h7H,4-6H2,1-3H3. The van der Waals surface area contributed by atoms with E-state index in [9.17, 15) is 8.78 Å². The highest BCUT2D eigenvalue weighted by Crippen LogP contribution is 2.27. The molecule has 1 atom stereocenters. The van der Waals surface area contributed by atoms with Crippen LogP contribution in [0.1, 0.15) is 40.0 Å². The van der Waals surface area contributed by atoms with E-state index in [2.05, 4.69) is 0 Å². The third-order valence-corrected chi connectivity index (χ3v) is 1.86. The first-order chi connectivity index (χ1) is 4.48. The summed E-state index contributed by atoms with van der Waals surface area (Å²) >= 11 is 0. The lowest BCUT2D eigenvalue weighted by atomic mass is 9.99. The van der Waals surface area contributed by atoms with Crippen LogP contribution >= 0.6 is 0 Å². The molecule has 0 saturated carbocycles. The molecule has 0 saturated heterocycles. The van der Waals surface area contributed by atoms with Crippen molar-refractivity contribution in [3.8, 4) is 0 Å². The molecule has 0 aromatic rings. The van der Waals surface area contributed by atoms with Crippen LogP contribution in [0, 0.1) is 5.92 Å². The molecule has 0 heterocycles. The van der Waals surface area contributed by atoms with E-state index in [0.29, 0.717) is 6.42 Å². The predicted molar refractivity (Wildman–Crippen MR) is 39.3 cm³/mol. The van der Waals surface area contributed by atoms with Crippen LogP contribution in [0.2, 0.25) is 0 Å². The number of hydrogen-bond acceptors (Lipinski definition) is 0. The molecule has 0 radical (unpaired) electrons. The molecule has 0 rings (SSSR count). The molecule has 0 amide bonds. The second-order valence-electron chi connectivity index (χ2n) is 3.00. The number of alkyl halides is 2. The van der Waals surface area contributed by atoms with Crippen LogP contribution in [0.3, 0.4) is 0 Å². The molecular formula is C8H16F2. The smallest absolute Gasteiger partial charge is 0.207 e. The van der Waals surface area contributed by atoms with Gasteiger partial charge in [-0.15, -0.1) is 0 Å². The molecule has 0 aliphatic rings. The van der Waals surface area contributed by atoms with E-state index in [-0.39, 0.29) is 0 Å². The van der Waals surface area contributed by atoms with Gasteiger partial charge in [-0.1, -0.05) is 26.7 Å². The van der Waals surface area contributed by atoms with Gasteiger partial charge in [-0.05, 0) is 13.3 Å². The van der Waals surface area contributed by atoms with E-state index in [1.807, 2.05) is 6.92 Å². The first-order valence-corrected chi connectivity index (χ1v) is 3.86. The Hall–Kier alpha value is -0.140. The Morgan fingerprint density at radius 1 is 1.40 bits per heavy atom. The third-order valence-electron chi connectivity index (χ3n) is 1.86. The summed E-state index contributed by atoms with van der Waals surface area (Å²) in [5, 5.41) is 0. The van der Waals surface area contributed by atoms with Gasteiger partial charge in [-0.3, -0.25) is 0 Å². The average Bonchev–Trinajstić information content (AvgIpc) is 1.80. The van der Waals surface area contributed by atoms with Crippen molar-refractivity contribution in [3.63, 3.8) is 0 Å². The number of hydrogen-bond donors (Lipinski definition) is 0. The fourth-order valence-corrected chi connectivity index (χ4v) is 0.764. The molecule has 0 aliphatic carbocycles. The van der Waals surface area contributed by atoms with E-state index in [0.717, 1.165) is 19.8 Å². The van der Waals surface area contributed by atoms with Crippen molar-refractivity contribution in [2.24, 2.45) is 5.92 Å². The van der Waals surface area contributed by atoms with Gasteiger partial charge in [0.15, 0.2) is 0 Å². The maximum Gasteiger partial charge on any atom is 0.247 e. The van der Waals surface area contributed by atoms with Crippen molar-refractivity contribution in [2.45, 2.75) is 46.0 Å². The maximum absolute atomic E-state index is 12.4. The summed E-state index contributed by atoms with van der Waals surface area (Å²) < 4.78 is 24.9. The Kier molecular flexibility index (Phi) is 3.84. The molecular weight excluding hydrogens is 134 g/mol. The van der Waals surface area contributed by atoms with Crippen molar-refractivity contribution in [1.29, 1.82) is 0 Å². The predicted octanol–water partition coefficient (Wildman–Crippen LogP) is 3.47. The number of unbranched alkanes of at least 4 members (excludes halogenated alkanes) is 1. The zero-order chi connectivity index (χ0) is 8.20. The van der Waals surface area contributed by atoms with E-state index in [1.54, 1.807) is 6.92 Å². The Balaban J connectivity index is 3.52. The van der Waals surface area contributed by atoms with Crippen molar-refractivity contribution < 1.29 is 8.78 Å². The number of halogens is 2. The van der Waals surface area contributed by atoms with Gasteiger partial charge in [-0.25, -0.2) is 8.78 Å². The quantitative estimate of drug-likeness (QED) is 0.575. The molecule has 0 fully saturated rings. The largest absolute Gasteiger partial charge is 0.247 e. The van der Waals surface area contributed by atoms with Gasteiger partial charge in [0.25, 0.3) is 0 Å². The van der Waals surface area contributed by atoms with Gasteiger partial charge >= 0.3 is 0 Å². The van der Waals surface area contributed by atoms with Gasteiger partial charge < -0.3 is 0 Å². The normalized spacial score (nSPS) is 15.3. The Bertz CT molecular complexity index is 83.7. The monoisotopic (exact) mass is 150 g/mol. The molecule has 0 aromatic carbocycles. The van der Waals surface area contributed by atoms with Crippen molar-refractivity contribution in [3.05, 3.63) is 0 Å². The Labute approximate surface area is 61.6 Å². The van der Waals surface area contributed by atoms with Crippen LogP contribution in [-0.4, -0.2) is 5.92 Å². The minimum Gasteiger partial charge on any atom is -0.207 e. The maximum atomic E-state index is 12.4.